The van der Waals surface area contributed by atoms with Crippen LogP contribution < -0.4 is 14.2 Å². The number of benzene rings is 2. The molecule has 0 saturated heterocycles. The van der Waals surface area contributed by atoms with Crippen molar-refractivity contribution in [1.29, 1.82) is 0 Å². The standard InChI is InChI=1S/C33H40O6/c1-21-8-6-9-24(32-22(2)16-27(17-23(32)3)37-15-14-33(4,5)36)10-7-11-29(21)39-26-12-13-28-25(18-31(34)35)20-38-30(28)19-26/h6,8-9,12-13,16-17,19,25,29,36H,1,7,10-11,14-15,18,20H2,2-5H3,(H,34,35)/b8-6-,24-9+/t25-,29-/m1/s1. The van der Waals surface area contributed by atoms with E-state index in [0.29, 0.717) is 31.1 Å². The van der Waals surface area contributed by atoms with Crippen molar-refractivity contribution in [2.45, 2.75) is 77.4 Å². The molecule has 0 bridgehead atoms. The Morgan fingerprint density at radius 2 is 1.90 bits per heavy atom. The Kier molecular flexibility index (Phi) is 8.86. The van der Waals surface area contributed by atoms with Crippen molar-refractivity contribution in [3.8, 4) is 17.2 Å². The zero-order valence-corrected chi connectivity index (χ0v) is 23.5. The highest BCUT2D eigenvalue weighted by atomic mass is 16.5. The average molecular weight is 533 g/mol. The lowest BCUT2D eigenvalue weighted by Crippen LogP contribution is -2.21. The SMILES string of the molecule is C=C1/C=C\C=C(\c2c(C)cc(OCCC(C)(C)O)cc2C)CCC[C@H]1Oc1ccc2c(c1)OC[C@H]2CC(=O)O. The van der Waals surface area contributed by atoms with Crippen molar-refractivity contribution >= 4 is 11.5 Å². The molecule has 0 aromatic heterocycles. The summed E-state index contributed by atoms with van der Waals surface area (Å²) >= 11 is 0. The fourth-order valence-corrected chi connectivity index (χ4v) is 5.29. The van der Waals surface area contributed by atoms with Crippen LogP contribution in [0.3, 0.4) is 0 Å². The first-order valence-corrected chi connectivity index (χ1v) is 13.7. The van der Waals surface area contributed by atoms with Crippen LogP contribution in [0.25, 0.3) is 5.57 Å². The predicted octanol–water partition coefficient (Wildman–Crippen LogP) is 6.92. The van der Waals surface area contributed by atoms with Gasteiger partial charge in [-0.2, -0.15) is 0 Å². The largest absolute Gasteiger partial charge is 0.493 e. The van der Waals surface area contributed by atoms with E-state index in [0.717, 1.165) is 47.3 Å². The molecule has 1 aliphatic carbocycles. The van der Waals surface area contributed by atoms with Gasteiger partial charge in [0.15, 0.2) is 0 Å². The molecular formula is C33H40O6. The second-order valence-electron chi connectivity index (χ2n) is 11.3. The number of carboxylic acids is 1. The number of fused-ring (bicyclic) bond motifs is 1. The Morgan fingerprint density at radius 3 is 2.59 bits per heavy atom. The number of carboxylic acid groups (broad SMARTS) is 1. The third-order valence-electron chi connectivity index (χ3n) is 7.31. The van der Waals surface area contributed by atoms with E-state index in [1.165, 1.54) is 11.1 Å². The summed E-state index contributed by atoms with van der Waals surface area (Å²) in [6.07, 6.45) is 9.35. The molecule has 208 valence electrons. The summed E-state index contributed by atoms with van der Waals surface area (Å²) in [6, 6.07) is 9.83. The van der Waals surface area contributed by atoms with Crippen molar-refractivity contribution in [3.05, 3.63) is 83.0 Å². The summed E-state index contributed by atoms with van der Waals surface area (Å²) in [7, 11) is 0. The maximum Gasteiger partial charge on any atom is 0.304 e. The Morgan fingerprint density at radius 1 is 1.15 bits per heavy atom. The number of hydrogen-bond acceptors (Lipinski definition) is 5. The van der Waals surface area contributed by atoms with Crippen molar-refractivity contribution < 1.29 is 29.2 Å². The maximum atomic E-state index is 11.1. The number of aliphatic hydroxyl groups is 1. The smallest absolute Gasteiger partial charge is 0.304 e. The summed E-state index contributed by atoms with van der Waals surface area (Å²) in [5.41, 5.74) is 5.92. The summed E-state index contributed by atoms with van der Waals surface area (Å²) in [5.74, 6) is 1.27. The van der Waals surface area contributed by atoms with Crippen LogP contribution >= 0.6 is 0 Å². The third kappa shape index (κ3) is 7.54. The minimum absolute atomic E-state index is 0.0590. The Bertz CT molecular complexity index is 1260. The lowest BCUT2D eigenvalue weighted by Gasteiger charge is -2.21. The van der Waals surface area contributed by atoms with E-state index in [4.69, 9.17) is 19.3 Å². The van der Waals surface area contributed by atoms with Crippen LogP contribution in [0.15, 0.2) is 60.7 Å². The van der Waals surface area contributed by atoms with Gasteiger partial charge in [-0.3, -0.25) is 4.79 Å². The van der Waals surface area contributed by atoms with Crippen LogP contribution in [-0.4, -0.2) is 41.1 Å². The summed E-state index contributed by atoms with van der Waals surface area (Å²) in [5, 5.41) is 19.1. The van der Waals surface area contributed by atoms with E-state index in [-0.39, 0.29) is 18.4 Å². The number of aryl methyl sites for hydroxylation is 2. The molecule has 0 amide bonds. The molecule has 2 atom stereocenters. The van der Waals surface area contributed by atoms with Crippen LogP contribution in [0.5, 0.6) is 17.2 Å². The topological polar surface area (TPSA) is 85.2 Å². The summed E-state index contributed by atoms with van der Waals surface area (Å²) in [6.45, 7) is 12.9. The van der Waals surface area contributed by atoms with Crippen LogP contribution in [-0.2, 0) is 4.79 Å². The predicted molar refractivity (Wildman–Crippen MR) is 154 cm³/mol. The van der Waals surface area contributed by atoms with Gasteiger partial charge in [0.2, 0.25) is 0 Å². The molecule has 2 aliphatic rings. The number of hydrogen-bond donors (Lipinski definition) is 2. The quantitative estimate of drug-likeness (QED) is 0.365. The van der Waals surface area contributed by atoms with E-state index >= 15 is 0 Å². The van der Waals surface area contributed by atoms with Crippen molar-refractivity contribution in [2.24, 2.45) is 0 Å². The normalized spacial score (nSPS) is 21.5. The van der Waals surface area contributed by atoms with E-state index in [1.807, 2.05) is 30.4 Å². The van der Waals surface area contributed by atoms with Gasteiger partial charge in [0.25, 0.3) is 0 Å². The number of rotatable bonds is 9. The van der Waals surface area contributed by atoms with Crippen LogP contribution in [0, 0.1) is 13.8 Å². The maximum absolute atomic E-state index is 11.1. The third-order valence-corrected chi connectivity index (χ3v) is 7.31. The number of carbonyl (C=O) groups is 1. The highest BCUT2D eigenvalue weighted by Crippen LogP contribution is 2.39. The molecule has 0 radical (unpaired) electrons. The Labute approximate surface area is 231 Å². The van der Waals surface area contributed by atoms with Gasteiger partial charge in [0, 0.05) is 24.0 Å². The summed E-state index contributed by atoms with van der Waals surface area (Å²) < 4.78 is 18.0. The second-order valence-corrected chi connectivity index (χ2v) is 11.3. The van der Waals surface area contributed by atoms with Crippen molar-refractivity contribution in [1.82, 2.24) is 0 Å². The van der Waals surface area contributed by atoms with Gasteiger partial charge in [0.05, 0.1) is 25.2 Å². The molecular weight excluding hydrogens is 492 g/mol. The average Bonchev–Trinajstić information content (AvgIpc) is 3.25. The van der Waals surface area contributed by atoms with E-state index in [9.17, 15) is 9.90 Å². The molecule has 6 nitrogen and oxygen atoms in total. The Hall–Kier alpha value is -3.51. The van der Waals surface area contributed by atoms with Crippen LogP contribution in [0.2, 0.25) is 0 Å². The van der Waals surface area contributed by atoms with E-state index in [2.05, 4.69) is 38.6 Å². The lowest BCUT2D eigenvalue weighted by molar-refractivity contribution is -0.137. The highest BCUT2D eigenvalue weighted by Gasteiger charge is 2.27. The zero-order valence-electron chi connectivity index (χ0n) is 23.5. The molecule has 39 heavy (non-hydrogen) atoms. The minimum atomic E-state index is -0.824. The number of allylic oxidation sites excluding steroid dienone is 3. The van der Waals surface area contributed by atoms with Crippen LogP contribution in [0.1, 0.15) is 74.1 Å². The Balaban J connectivity index is 1.41. The molecule has 2 aromatic rings. The van der Waals surface area contributed by atoms with E-state index < -0.39 is 11.6 Å². The number of aliphatic carboxylic acids is 1. The second kappa shape index (κ2) is 12.1. The summed E-state index contributed by atoms with van der Waals surface area (Å²) in [4.78, 5) is 11.1. The fraction of sp³-hybridized carbons (Fsp3) is 0.424. The molecule has 2 aromatic carbocycles. The van der Waals surface area contributed by atoms with Gasteiger partial charge in [0.1, 0.15) is 23.4 Å². The fourth-order valence-electron chi connectivity index (χ4n) is 5.29. The molecule has 0 unspecified atom stereocenters. The minimum Gasteiger partial charge on any atom is -0.493 e. The molecule has 0 saturated carbocycles. The molecule has 1 aliphatic heterocycles. The van der Waals surface area contributed by atoms with Gasteiger partial charge in [-0.05, 0) is 93.0 Å². The first-order chi connectivity index (χ1) is 18.5. The van der Waals surface area contributed by atoms with Gasteiger partial charge in [-0.25, -0.2) is 0 Å². The first kappa shape index (κ1) is 28.5. The monoisotopic (exact) mass is 532 g/mol. The van der Waals surface area contributed by atoms with Crippen molar-refractivity contribution in [2.75, 3.05) is 13.2 Å². The molecule has 0 spiro atoms. The van der Waals surface area contributed by atoms with Gasteiger partial charge in [-0.15, -0.1) is 0 Å². The van der Waals surface area contributed by atoms with E-state index in [1.54, 1.807) is 13.8 Å². The van der Waals surface area contributed by atoms with Gasteiger partial charge in [-0.1, -0.05) is 30.9 Å². The lowest BCUT2D eigenvalue weighted by atomic mass is 9.91. The molecule has 1 heterocycles. The first-order valence-electron chi connectivity index (χ1n) is 13.7. The molecule has 0 fully saturated rings. The van der Waals surface area contributed by atoms with Crippen molar-refractivity contribution in [3.63, 3.8) is 0 Å². The number of ether oxygens (including phenoxy) is 3. The molecule has 2 N–H and O–H groups in total. The van der Waals surface area contributed by atoms with Crippen LogP contribution in [0.4, 0.5) is 0 Å². The zero-order chi connectivity index (χ0) is 28.2. The van der Waals surface area contributed by atoms with Gasteiger partial charge >= 0.3 is 5.97 Å². The molecule has 4 rings (SSSR count). The highest BCUT2D eigenvalue weighted by molar-refractivity contribution is 5.73. The molecule has 6 heteroatoms. The van der Waals surface area contributed by atoms with Gasteiger partial charge < -0.3 is 24.4 Å².